The number of carboxylic acid groups (broad SMARTS) is 1. The largest absolute Gasteiger partial charge is 0.488 e. The predicted octanol–water partition coefficient (Wildman–Crippen LogP) is 2.82. The lowest BCUT2D eigenvalue weighted by Crippen LogP contribution is -2.06. The first-order valence-electron chi connectivity index (χ1n) is 5.67. The van der Waals surface area contributed by atoms with E-state index in [2.05, 4.69) is 0 Å². The van der Waals surface area contributed by atoms with Crippen molar-refractivity contribution in [1.82, 2.24) is 0 Å². The Hall–Kier alpha value is -2.63. The van der Waals surface area contributed by atoms with Gasteiger partial charge >= 0.3 is 5.97 Å². The molecule has 0 saturated heterocycles. The van der Waals surface area contributed by atoms with Gasteiger partial charge < -0.3 is 15.6 Å². The van der Waals surface area contributed by atoms with Crippen molar-refractivity contribution in [2.75, 3.05) is 5.73 Å². The minimum Gasteiger partial charge on any atom is -0.488 e. The number of benzene rings is 2. The van der Waals surface area contributed by atoms with Gasteiger partial charge in [0.15, 0.2) is 0 Å². The lowest BCUT2D eigenvalue weighted by Gasteiger charge is -2.11. The Kier molecular flexibility index (Phi) is 3.84. The molecule has 4 nitrogen and oxygen atoms in total. The molecule has 0 bridgehead atoms. The summed E-state index contributed by atoms with van der Waals surface area (Å²) in [5.74, 6) is -2.75. The third kappa shape index (κ3) is 2.85. The molecule has 2 aromatic rings. The molecule has 0 saturated carbocycles. The van der Waals surface area contributed by atoms with Gasteiger partial charge in [-0.25, -0.2) is 13.6 Å². The number of carboxylic acids is 1. The molecular weight excluding hydrogens is 268 g/mol. The first kappa shape index (κ1) is 13.8. The number of nitrogens with two attached hydrogens (primary N) is 1. The van der Waals surface area contributed by atoms with E-state index in [4.69, 9.17) is 15.6 Å². The van der Waals surface area contributed by atoms with Gasteiger partial charge in [0, 0.05) is 5.69 Å². The molecule has 0 aliphatic rings. The van der Waals surface area contributed by atoms with Gasteiger partial charge in [0.05, 0.1) is 5.56 Å². The zero-order valence-electron chi connectivity index (χ0n) is 10.3. The van der Waals surface area contributed by atoms with Crippen molar-refractivity contribution in [3.8, 4) is 5.75 Å². The molecule has 0 amide bonds. The first-order valence-corrected chi connectivity index (χ1v) is 5.67. The number of hydrogen-bond donors (Lipinski definition) is 2. The topological polar surface area (TPSA) is 72.5 Å². The number of ether oxygens (including phenoxy) is 1. The van der Waals surface area contributed by atoms with E-state index < -0.39 is 24.2 Å². The van der Waals surface area contributed by atoms with Crippen LogP contribution in [0.2, 0.25) is 0 Å². The van der Waals surface area contributed by atoms with Crippen LogP contribution in [0, 0.1) is 11.6 Å². The molecular formula is C14H11F2NO3. The molecule has 0 fully saturated rings. The quantitative estimate of drug-likeness (QED) is 0.844. The van der Waals surface area contributed by atoms with Gasteiger partial charge in [0.25, 0.3) is 0 Å². The Labute approximate surface area is 113 Å². The van der Waals surface area contributed by atoms with Gasteiger partial charge in [-0.3, -0.25) is 0 Å². The van der Waals surface area contributed by atoms with Crippen LogP contribution >= 0.6 is 0 Å². The maximum atomic E-state index is 13.4. The predicted molar refractivity (Wildman–Crippen MR) is 68.5 cm³/mol. The van der Waals surface area contributed by atoms with Crippen molar-refractivity contribution in [2.24, 2.45) is 0 Å². The highest BCUT2D eigenvalue weighted by Crippen LogP contribution is 2.23. The van der Waals surface area contributed by atoms with E-state index in [1.54, 1.807) is 0 Å². The smallest absolute Gasteiger partial charge is 0.339 e. The van der Waals surface area contributed by atoms with Crippen molar-refractivity contribution in [1.29, 1.82) is 0 Å². The maximum absolute atomic E-state index is 13.4. The molecule has 0 spiro atoms. The van der Waals surface area contributed by atoms with Crippen LogP contribution in [0.3, 0.4) is 0 Å². The summed E-state index contributed by atoms with van der Waals surface area (Å²) in [7, 11) is 0. The third-order valence-corrected chi connectivity index (χ3v) is 2.67. The van der Waals surface area contributed by atoms with E-state index in [0.29, 0.717) is 0 Å². The van der Waals surface area contributed by atoms with Crippen LogP contribution in [-0.2, 0) is 6.61 Å². The molecule has 2 rings (SSSR count). The first-order chi connectivity index (χ1) is 9.49. The van der Waals surface area contributed by atoms with Crippen LogP contribution < -0.4 is 10.5 Å². The minimum atomic E-state index is -1.23. The Morgan fingerprint density at radius 1 is 1.20 bits per heavy atom. The Bertz CT molecular complexity index is 639. The molecule has 3 N–H and O–H groups in total. The number of aromatic carboxylic acids is 1. The number of hydrogen-bond acceptors (Lipinski definition) is 3. The van der Waals surface area contributed by atoms with Gasteiger partial charge in [-0.1, -0.05) is 6.07 Å². The highest BCUT2D eigenvalue weighted by Gasteiger charge is 2.14. The second-order valence-electron chi connectivity index (χ2n) is 4.05. The second kappa shape index (κ2) is 5.56. The molecule has 0 aromatic heterocycles. The lowest BCUT2D eigenvalue weighted by atomic mass is 10.1. The van der Waals surface area contributed by atoms with Gasteiger partial charge in [-0.2, -0.15) is 0 Å². The second-order valence-corrected chi connectivity index (χ2v) is 4.05. The Morgan fingerprint density at radius 2 is 1.85 bits per heavy atom. The van der Waals surface area contributed by atoms with Crippen LogP contribution in [0.15, 0.2) is 36.4 Å². The lowest BCUT2D eigenvalue weighted by molar-refractivity contribution is 0.0692. The molecule has 0 atom stereocenters. The molecule has 2 aromatic carbocycles. The van der Waals surface area contributed by atoms with Gasteiger partial charge in [0.2, 0.25) is 0 Å². The summed E-state index contributed by atoms with van der Waals surface area (Å²) in [6, 6.07) is 7.44. The number of rotatable bonds is 4. The molecule has 0 unspecified atom stereocenters. The third-order valence-electron chi connectivity index (χ3n) is 2.67. The minimum absolute atomic E-state index is 0.00523. The number of carbonyl (C=O) groups is 1. The standard InChI is InChI=1S/C14H11F2NO3/c15-11-2-1-3-12(16)10(11)7-20-13-5-4-8(17)6-9(13)14(18)19/h1-6H,7,17H2,(H,18,19). The fourth-order valence-corrected chi connectivity index (χ4v) is 1.66. The average molecular weight is 279 g/mol. The zero-order valence-corrected chi connectivity index (χ0v) is 10.3. The summed E-state index contributed by atoms with van der Waals surface area (Å²) >= 11 is 0. The molecule has 6 heteroatoms. The van der Waals surface area contributed by atoms with Gasteiger partial charge in [-0.15, -0.1) is 0 Å². The zero-order chi connectivity index (χ0) is 14.7. The van der Waals surface area contributed by atoms with Crippen molar-refractivity contribution in [3.05, 3.63) is 59.2 Å². The van der Waals surface area contributed by atoms with Crippen molar-refractivity contribution in [2.45, 2.75) is 6.61 Å². The van der Waals surface area contributed by atoms with E-state index in [0.717, 1.165) is 12.1 Å². The monoisotopic (exact) mass is 279 g/mol. The summed E-state index contributed by atoms with van der Waals surface area (Å²) in [5, 5.41) is 9.01. The highest BCUT2D eigenvalue weighted by molar-refractivity contribution is 5.92. The summed E-state index contributed by atoms with van der Waals surface area (Å²) in [6.45, 7) is -0.414. The van der Waals surface area contributed by atoms with E-state index in [-0.39, 0.29) is 22.6 Å². The summed E-state index contributed by atoms with van der Waals surface area (Å²) in [6.07, 6.45) is 0. The SMILES string of the molecule is Nc1ccc(OCc2c(F)cccc2F)c(C(=O)O)c1. The van der Waals surface area contributed by atoms with Crippen LogP contribution in [0.25, 0.3) is 0 Å². The van der Waals surface area contributed by atoms with Crippen molar-refractivity contribution in [3.63, 3.8) is 0 Å². The fraction of sp³-hybridized carbons (Fsp3) is 0.0714. The molecule has 0 aliphatic carbocycles. The normalized spacial score (nSPS) is 10.3. The molecule has 0 aliphatic heterocycles. The van der Waals surface area contributed by atoms with E-state index in [1.165, 1.54) is 24.3 Å². The fourth-order valence-electron chi connectivity index (χ4n) is 1.66. The number of anilines is 1. The maximum Gasteiger partial charge on any atom is 0.339 e. The Morgan fingerprint density at radius 3 is 2.45 bits per heavy atom. The molecule has 20 heavy (non-hydrogen) atoms. The molecule has 104 valence electrons. The molecule has 0 heterocycles. The van der Waals surface area contributed by atoms with Crippen LogP contribution in [0.1, 0.15) is 15.9 Å². The van der Waals surface area contributed by atoms with E-state index in [1.807, 2.05) is 0 Å². The van der Waals surface area contributed by atoms with Gasteiger partial charge in [-0.05, 0) is 30.3 Å². The van der Waals surface area contributed by atoms with Crippen LogP contribution in [0.5, 0.6) is 5.75 Å². The van der Waals surface area contributed by atoms with E-state index in [9.17, 15) is 13.6 Å². The van der Waals surface area contributed by atoms with Crippen LogP contribution in [0.4, 0.5) is 14.5 Å². The summed E-state index contributed by atoms with van der Waals surface area (Å²) < 4.78 is 32.0. The summed E-state index contributed by atoms with van der Waals surface area (Å²) in [4.78, 5) is 11.0. The van der Waals surface area contributed by atoms with Gasteiger partial charge in [0.1, 0.15) is 29.6 Å². The Balaban J connectivity index is 2.25. The number of halogens is 2. The van der Waals surface area contributed by atoms with E-state index >= 15 is 0 Å². The number of nitrogen functional groups attached to an aromatic ring is 1. The van der Waals surface area contributed by atoms with Crippen molar-refractivity contribution < 1.29 is 23.4 Å². The van der Waals surface area contributed by atoms with Crippen molar-refractivity contribution >= 4 is 11.7 Å². The molecule has 0 radical (unpaired) electrons. The average Bonchev–Trinajstić information content (AvgIpc) is 2.39. The van der Waals surface area contributed by atoms with Crippen LogP contribution in [-0.4, -0.2) is 11.1 Å². The summed E-state index contributed by atoms with van der Waals surface area (Å²) in [5.41, 5.74) is 5.31. The highest BCUT2D eigenvalue weighted by atomic mass is 19.1.